The van der Waals surface area contributed by atoms with E-state index in [1.807, 2.05) is 0 Å². The number of carbonyl (C=O) groups is 1. The lowest BCUT2D eigenvalue weighted by Crippen LogP contribution is -2.53. The summed E-state index contributed by atoms with van der Waals surface area (Å²) < 4.78 is 24.5. The summed E-state index contributed by atoms with van der Waals surface area (Å²) in [7, 11) is 0. The second-order valence-electron chi connectivity index (χ2n) is 5.12. The normalized spacial score (nSPS) is 32.9. The molecule has 2 nitrogen and oxygen atoms in total. The highest BCUT2D eigenvalue weighted by atomic mass is 19.3. The summed E-state index contributed by atoms with van der Waals surface area (Å²) in [5, 5.41) is 9.27. The first-order valence-corrected chi connectivity index (χ1v) is 4.72. The van der Waals surface area contributed by atoms with E-state index in [1.54, 1.807) is 20.8 Å². The standard InChI is InChI=1S/C10H16F2O2/c1-9(2,3)7(13)6-4-10(14,5-6)8(11)12/h6,8,14H,4-5H2,1-3H3. The lowest BCUT2D eigenvalue weighted by Gasteiger charge is -2.43. The number of ketones is 1. The molecule has 0 aromatic rings. The van der Waals surface area contributed by atoms with Crippen molar-refractivity contribution in [3.63, 3.8) is 0 Å². The fourth-order valence-corrected chi connectivity index (χ4v) is 1.77. The molecular formula is C10H16F2O2. The summed E-state index contributed by atoms with van der Waals surface area (Å²) in [6, 6.07) is 0. The topological polar surface area (TPSA) is 37.3 Å². The van der Waals surface area contributed by atoms with E-state index < -0.39 is 23.4 Å². The van der Waals surface area contributed by atoms with Crippen molar-refractivity contribution < 1.29 is 18.7 Å². The lowest BCUT2D eigenvalue weighted by atomic mass is 9.65. The molecule has 0 spiro atoms. The molecule has 1 aliphatic carbocycles. The minimum Gasteiger partial charge on any atom is -0.384 e. The maximum atomic E-state index is 12.2. The van der Waals surface area contributed by atoms with Crippen LogP contribution in [-0.2, 0) is 4.79 Å². The van der Waals surface area contributed by atoms with Crippen molar-refractivity contribution in [1.82, 2.24) is 0 Å². The zero-order valence-corrected chi connectivity index (χ0v) is 8.68. The molecule has 0 heterocycles. The van der Waals surface area contributed by atoms with Crippen molar-refractivity contribution in [2.75, 3.05) is 0 Å². The molecule has 0 radical (unpaired) electrons. The minimum atomic E-state index is -2.74. The molecule has 0 aromatic carbocycles. The summed E-state index contributed by atoms with van der Waals surface area (Å²) >= 11 is 0. The Labute approximate surface area is 82.3 Å². The van der Waals surface area contributed by atoms with Gasteiger partial charge in [-0.1, -0.05) is 20.8 Å². The zero-order chi connectivity index (χ0) is 11.1. The van der Waals surface area contributed by atoms with Crippen LogP contribution < -0.4 is 0 Å². The largest absolute Gasteiger partial charge is 0.384 e. The first kappa shape index (κ1) is 11.6. The van der Waals surface area contributed by atoms with Crippen molar-refractivity contribution in [2.45, 2.75) is 45.6 Å². The summed E-state index contributed by atoms with van der Waals surface area (Å²) in [4.78, 5) is 11.6. The van der Waals surface area contributed by atoms with Gasteiger partial charge in [-0.15, -0.1) is 0 Å². The number of hydrogen-bond acceptors (Lipinski definition) is 2. The number of rotatable bonds is 2. The van der Waals surface area contributed by atoms with Crippen molar-refractivity contribution in [2.24, 2.45) is 11.3 Å². The quantitative estimate of drug-likeness (QED) is 0.750. The maximum absolute atomic E-state index is 12.2. The van der Waals surface area contributed by atoms with Crippen LogP contribution in [0.25, 0.3) is 0 Å². The Morgan fingerprint density at radius 2 is 1.86 bits per heavy atom. The highest BCUT2D eigenvalue weighted by Crippen LogP contribution is 2.44. The van der Waals surface area contributed by atoms with Gasteiger partial charge in [0.1, 0.15) is 11.4 Å². The van der Waals surface area contributed by atoms with Crippen molar-refractivity contribution in [3.8, 4) is 0 Å². The van der Waals surface area contributed by atoms with E-state index >= 15 is 0 Å². The maximum Gasteiger partial charge on any atom is 0.266 e. The fraction of sp³-hybridized carbons (Fsp3) is 0.900. The van der Waals surface area contributed by atoms with Crippen LogP contribution in [0.3, 0.4) is 0 Å². The molecule has 4 heteroatoms. The molecule has 0 atom stereocenters. The number of halogens is 2. The van der Waals surface area contributed by atoms with Crippen LogP contribution >= 0.6 is 0 Å². The predicted octanol–water partition coefficient (Wildman–Crippen LogP) is 2.01. The van der Waals surface area contributed by atoms with Gasteiger partial charge in [-0.3, -0.25) is 4.79 Å². The van der Waals surface area contributed by atoms with E-state index in [4.69, 9.17) is 0 Å². The summed E-state index contributed by atoms with van der Waals surface area (Å²) in [5.74, 6) is -0.433. The Morgan fingerprint density at radius 3 is 2.14 bits per heavy atom. The van der Waals surface area contributed by atoms with Gasteiger partial charge in [0, 0.05) is 11.3 Å². The molecule has 1 N–H and O–H groups in total. The first-order valence-electron chi connectivity index (χ1n) is 4.72. The van der Waals surface area contributed by atoms with E-state index in [0.717, 1.165) is 0 Å². The van der Waals surface area contributed by atoms with Gasteiger partial charge < -0.3 is 5.11 Å². The van der Waals surface area contributed by atoms with Crippen LogP contribution in [-0.4, -0.2) is 22.9 Å². The SMILES string of the molecule is CC(C)(C)C(=O)C1CC(O)(C(F)F)C1. The van der Waals surface area contributed by atoms with Gasteiger partial charge in [0.05, 0.1) is 0 Å². The van der Waals surface area contributed by atoms with Crippen molar-refractivity contribution in [1.29, 1.82) is 0 Å². The minimum absolute atomic E-state index is 0.0391. The Bertz CT molecular complexity index is 237. The summed E-state index contributed by atoms with van der Waals surface area (Å²) in [6.07, 6.45) is -2.94. The van der Waals surface area contributed by atoms with Crippen LogP contribution in [0, 0.1) is 11.3 Å². The smallest absolute Gasteiger partial charge is 0.266 e. The van der Waals surface area contributed by atoms with Gasteiger partial charge in [-0.2, -0.15) is 0 Å². The molecule has 0 aliphatic heterocycles. The molecule has 0 amide bonds. The molecule has 1 aliphatic rings. The third-order valence-electron chi connectivity index (χ3n) is 2.72. The molecular weight excluding hydrogens is 190 g/mol. The summed E-state index contributed by atoms with van der Waals surface area (Å²) in [6.45, 7) is 5.28. The number of hydrogen-bond donors (Lipinski definition) is 1. The Morgan fingerprint density at radius 1 is 1.43 bits per heavy atom. The van der Waals surface area contributed by atoms with Gasteiger partial charge in [-0.05, 0) is 12.8 Å². The molecule has 82 valence electrons. The number of aliphatic hydroxyl groups is 1. The second kappa shape index (κ2) is 3.26. The van der Waals surface area contributed by atoms with Crippen LogP contribution in [0.1, 0.15) is 33.6 Å². The third-order valence-corrected chi connectivity index (χ3v) is 2.72. The number of carbonyl (C=O) groups excluding carboxylic acids is 1. The van der Waals surface area contributed by atoms with E-state index in [0.29, 0.717) is 0 Å². The van der Waals surface area contributed by atoms with Crippen LogP contribution in [0.15, 0.2) is 0 Å². The fourth-order valence-electron chi connectivity index (χ4n) is 1.77. The average molecular weight is 206 g/mol. The van der Waals surface area contributed by atoms with Crippen molar-refractivity contribution in [3.05, 3.63) is 0 Å². The number of alkyl halides is 2. The van der Waals surface area contributed by atoms with E-state index in [1.165, 1.54) is 0 Å². The van der Waals surface area contributed by atoms with Gasteiger partial charge >= 0.3 is 0 Å². The molecule has 0 saturated heterocycles. The Balaban J connectivity index is 2.54. The molecule has 0 bridgehead atoms. The highest BCUT2D eigenvalue weighted by Gasteiger charge is 2.53. The molecule has 0 aromatic heterocycles. The van der Waals surface area contributed by atoms with Crippen molar-refractivity contribution >= 4 is 5.78 Å². The van der Waals surface area contributed by atoms with Crippen LogP contribution in [0.2, 0.25) is 0 Å². The Hall–Kier alpha value is -0.510. The van der Waals surface area contributed by atoms with Crippen LogP contribution in [0.4, 0.5) is 8.78 Å². The van der Waals surface area contributed by atoms with Crippen LogP contribution in [0.5, 0.6) is 0 Å². The van der Waals surface area contributed by atoms with Gasteiger partial charge in [0.25, 0.3) is 6.43 Å². The van der Waals surface area contributed by atoms with E-state index in [2.05, 4.69) is 0 Å². The second-order valence-corrected chi connectivity index (χ2v) is 5.12. The first-order chi connectivity index (χ1) is 6.17. The number of Topliss-reactive ketones (excluding diaryl/α,β-unsaturated/α-hetero) is 1. The molecule has 1 rings (SSSR count). The van der Waals surface area contributed by atoms with E-state index in [-0.39, 0.29) is 18.6 Å². The van der Waals surface area contributed by atoms with Gasteiger partial charge in [-0.25, -0.2) is 8.78 Å². The molecule has 14 heavy (non-hydrogen) atoms. The zero-order valence-electron chi connectivity index (χ0n) is 8.68. The average Bonchev–Trinajstić information content (AvgIpc) is 1.95. The molecule has 1 fully saturated rings. The Kier molecular flexibility index (Phi) is 2.69. The lowest BCUT2D eigenvalue weighted by molar-refractivity contribution is -0.179. The molecule has 0 unspecified atom stereocenters. The van der Waals surface area contributed by atoms with Gasteiger partial charge in [0.15, 0.2) is 0 Å². The third kappa shape index (κ3) is 1.95. The van der Waals surface area contributed by atoms with E-state index in [9.17, 15) is 18.7 Å². The summed E-state index contributed by atoms with van der Waals surface area (Å²) in [5.41, 5.74) is -2.42. The van der Waals surface area contributed by atoms with Gasteiger partial charge in [0.2, 0.25) is 0 Å². The highest BCUT2D eigenvalue weighted by molar-refractivity contribution is 5.87. The molecule has 1 saturated carbocycles. The monoisotopic (exact) mass is 206 g/mol. The predicted molar refractivity (Wildman–Crippen MR) is 48.1 cm³/mol.